The maximum absolute atomic E-state index is 6.14. The first-order valence-electron chi connectivity index (χ1n) is 4.81. The summed E-state index contributed by atoms with van der Waals surface area (Å²) in [5.74, 6) is 0. The van der Waals surface area contributed by atoms with E-state index in [1.165, 1.54) is 0 Å². The third-order valence-corrected chi connectivity index (χ3v) is 9.34. The first-order chi connectivity index (χ1) is 8.07. The molecule has 0 saturated heterocycles. The first kappa shape index (κ1) is 13.9. The Morgan fingerprint density at radius 1 is 0.765 bits per heavy atom. The molecule has 5 heteroatoms. The molecule has 0 aliphatic heterocycles. The van der Waals surface area contributed by atoms with Gasteiger partial charge in [0.15, 0.2) is 0 Å². The van der Waals surface area contributed by atoms with Gasteiger partial charge in [0.05, 0.1) is 0 Å². The standard InChI is InChI=1S/C12H9Cl3STe/c13-17(14,15)12-9-5-4-8-11(12)16-10-6-2-1-3-7-10/h1-9H. The van der Waals surface area contributed by atoms with Crippen molar-refractivity contribution < 1.29 is 0 Å². The Morgan fingerprint density at radius 2 is 1.35 bits per heavy atom. The summed E-state index contributed by atoms with van der Waals surface area (Å²) in [5.41, 5.74) is 0. The number of halogens is 3. The molecule has 2 aromatic carbocycles. The van der Waals surface area contributed by atoms with Crippen LogP contribution in [0.2, 0.25) is 0 Å². The quantitative estimate of drug-likeness (QED) is 0.651. The molecule has 0 saturated carbocycles. The molecular formula is C12H9Cl3STe. The summed E-state index contributed by atoms with van der Waals surface area (Å²) in [6, 6.07) is 17.9. The van der Waals surface area contributed by atoms with Gasteiger partial charge in [-0.25, -0.2) is 0 Å². The van der Waals surface area contributed by atoms with Gasteiger partial charge in [-0.1, -0.05) is 0 Å². The third-order valence-electron chi connectivity index (χ3n) is 2.07. The van der Waals surface area contributed by atoms with Gasteiger partial charge in [-0.2, -0.15) is 0 Å². The number of rotatable bonds is 3. The van der Waals surface area contributed by atoms with Crippen LogP contribution in [0, 0.1) is 0 Å². The van der Waals surface area contributed by atoms with E-state index >= 15 is 0 Å². The molecular weight excluding hydrogens is 410 g/mol. The van der Waals surface area contributed by atoms with Gasteiger partial charge in [-0.3, -0.25) is 0 Å². The molecule has 0 unspecified atom stereocenters. The summed E-state index contributed by atoms with van der Waals surface area (Å²) >= 11 is -1.73. The topological polar surface area (TPSA) is 0 Å². The van der Waals surface area contributed by atoms with Crippen molar-refractivity contribution in [2.45, 2.75) is 9.79 Å². The number of hydrogen-bond acceptors (Lipinski definition) is 1. The van der Waals surface area contributed by atoms with Crippen LogP contribution in [0.3, 0.4) is 0 Å². The molecule has 0 aliphatic carbocycles. The summed E-state index contributed by atoms with van der Waals surface area (Å²) in [5, 5.41) is 0. The first-order valence-corrected chi connectivity index (χ1v) is 15.6. The Balaban J connectivity index is 2.34. The van der Waals surface area contributed by atoms with Gasteiger partial charge in [0.2, 0.25) is 0 Å². The van der Waals surface area contributed by atoms with Gasteiger partial charge in [0.25, 0.3) is 0 Å². The molecule has 0 nitrogen and oxygen atoms in total. The average Bonchev–Trinajstić information content (AvgIpc) is 2.30. The van der Waals surface area contributed by atoms with Crippen molar-refractivity contribution >= 4 is 57.1 Å². The summed E-state index contributed by atoms with van der Waals surface area (Å²) in [6.07, 6.45) is 0. The summed E-state index contributed by atoms with van der Waals surface area (Å²) in [4.78, 5) is 2.19. The third kappa shape index (κ3) is 3.96. The zero-order valence-electron chi connectivity index (χ0n) is 8.65. The zero-order chi connectivity index (χ0) is 12.3. The number of hydrogen-bond donors (Lipinski definition) is 0. The van der Waals surface area contributed by atoms with E-state index in [-0.39, 0.29) is 0 Å². The van der Waals surface area contributed by atoms with Gasteiger partial charge >= 0.3 is 121 Å². The number of benzene rings is 2. The van der Waals surface area contributed by atoms with E-state index in [0.717, 1.165) is 13.4 Å². The van der Waals surface area contributed by atoms with E-state index < -0.39 is 14.8 Å². The molecule has 0 amide bonds. The Kier molecular flexibility index (Phi) is 4.95. The monoisotopic (exact) mass is 420 g/mol. The molecule has 0 fully saturated rings. The molecule has 0 aromatic heterocycles. The Hall–Kier alpha value is 0.450. The van der Waals surface area contributed by atoms with Crippen molar-refractivity contribution in [3.8, 4) is 0 Å². The predicted octanol–water partition coefficient (Wildman–Crippen LogP) is 4.70. The van der Waals surface area contributed by atoms with E-state index in [1.54, 1.807) is 11.8 Å². The fraction of sp³-hybridized carbons (Fsp3) is 0. The van der Waals surface area contributed by atoms with Gasteiger partial charge in [-0.05, 0) is 0 Å². The normalized spacial score (nSPS) is 12.4. The second kappa shape index (κ2) is 6.06. The van der Waals surface area contributed by atoms with Crippen LogP contribution in [0.25, 0.3) is 0 Å². The van der Waals surface area contributed by atoms with Crippen LogP contribution in [0.15, 0.2) is 64.4 Å². The van der Waals surface area contributed by atoms with Crippen molar-refractivity contribution in [3.05, 3.63) is 54.6 Å². The van der Waals surface area contributed by atoms with E-state index in [0.29, 0.717) is 0 Å². The van der Waals surface area contributed by atoms with E-state index in [4.69, 9.17) is 26.9 Å². The minimum atomic E-state index is -3.37. The summed E-state index contributed by atoms with van der Waals surface area (Å²) < 4.78 is 0.897. The molecule has 0 radical (unpaired) electrons. The molecule has 90 valence electrons. The van der Waals surface area contributed by atoms with Gasteiger partial charge in [0, 0.05) is 0 Å². The molecule has 2 rings (SSSR count). The van der Waals surface area contributed by atoms with Gasteiger partial charge in [0.1, 0.15) is 0 Å². The van der Waals surface area contributed by atoms with E-state index in [1.807, 2.05) is 54.6 Å². The fourth-order valence-electron chi connectivity index (χ4n) is 1.34. The molecule has 0 spiro atoms. The molecule has 0 bridgehead atoms. The van der Waals surface area contributed by atoms with Crippen LogP contribution in [-0.4, -0.2) is 14.8 Å². The molecule has 0 N–H and O–H groups in total. The minimum absolute atomic E-state index is 0.897. The van der Waals surface area contributed by atoms with E-state index in [9.17, 15) is 0 Å². The van der Waals surface area contributed by atoms with Crippen LogP contribution >= 0.6 is 38.7 Å². The van der Waals surface area contributed by atoms with Crippen LogP contribution in [0.1, 0.15) is 0 Å². The second-order valence-corrected chi connectivity index (χ2v) is 20.5. The Morgan fingerprint density at radius 3 is 2.00 bits per heavy atom. The molecule has 0 heterocycles. The average molecular weight is 419 g/mol. The Bertz CT molecular complexity index is 497. The molecule has 0 aliphatic rings. The van der Waals surface area contributed by atoms with Crippen molar-refractivity contribution in [2.75, 3.05) is 0 Å². The van der Waals surface area contributed by atoms with E-state index in [2.05, 4.69) is 0 Å². The molecule has 0 atom stereocenters. The van der Waals surface area contributed by atoms with Gasteiger partial charge < -0.3 is 0 Å². The predicted molar refractivity (Wildman–Crippen MR) is 80.0 cm³/mol. The van der Waals surface area contributed by atoms with Crippen molar-refractivity contribution in [1.82, 2.24) is 0 Å². The van der Waals surface area contributed by atoms with Crippen LogP contribution < -0.4 is 3.61 Å². The molecule has 2 aromatic rings. The summed E-state index contributed by atoms with van der Waals surface area (Å²) in [7, 11) is 18.4. The van der Waals surface area contributed by atoms with Crippen LogP contribution in [0.5, 0.6) is 0 Å². The SMILES string of the molecule is Cl[Te](Cl)(Cl)c1ccccc1Sc1ccccc1. The van der Waals surface area contributed by atoms with Crippen LogP contribution in [-0.2, 0) is 0 Å². The van der Waals surface area contributed by atoms with Crippen molar-refractivity contribution in [2.24, 2.45) is 0 Å². The maximum atomic E-state index is 6.14. The van der Waals surface area contributed by atoms with Crippen molar-refractivity contribution in [1.29, 1.82) is 0 Å². The second-order valence-electron chi connectivity index (χ2n) is 3.27. The Labute approximate surface area is 120 Å². The molecule has 17 heavy (non-hydrogen) atoms. The van der Waals surface area contributed by atoms with Crippen LogP contribution in [0.4, 0.5) is 0 Å². The zero-order valence-corrected chi connectivity index (χ0v) is 14.1. The van der Waals surface area contributed by atoms with Gasteiger partial charge in [-0.15, -0.1) is 0 Å². The van der Waals surface area contributed by atoms with Crippen molar-refractivity contribution in [3.63, 3.8) is 0 Å². The fourth-order valence-corrected chi connectivity index (χ4v) is 8.54. The summed E-state index contributed by atoms with van der Waals surface area (Å²) in [6.45, 7) is 0.